The van der Waals surface area contributed by atoms with E-state index in [0.29, 0.717) is 0 Å². The Hall–Kier alpha value is -1.46. The summed E-state index contributed by atoms with van der Waals surface area (Å²) in [6.45, 7) is 4.10. The van der Waals surface area contributed by atoms with Gasteiger partial charge in [-0.1, -0.05) is 29.8 Å². The average molecular weight is 287 g/mol. The van der Waals surface area contributed by atoms with E-state index in [1.54, 1.807) is 23.1 Å². The first-order valence-corrected chi connectivity index (χ1v) is 7.98. The number of rotatable bonds is 2. The van der Waals surface area contributed by atoms with Crippen molar-refractivity contribution in [2.75, 3.05) is 6.26 Å². The van der Waals surface area contributed by atoms with Crippen LogP contribution < -0.4 is 0 Å². The van der Waals surface area contributed by atoms with Crippen molar-refractivity contribution >= 4 is 33.3 Å². The van der Waals surface area contributed by atoms with Crippen LogP contribution in [0.1, 0.15) is 10.6 Å². The van der Waals surface area contributed by atoms with E-state index in [-0.39, 0.29) is 0 Å². The molecule has 19 heavy (non-hydrogen) atoms. The highest BCUT2D eigenvalue weighted by atomic mass is 32.2. The van der Waals surface area contributed by atoms with Gasteiger partial charge in [-0.3, -0.25) is 0 Å². The SMILES string of the molecule is CSc1nnc(-c2ccc(C)cc2)c2sc(C)nc12. The Labute approximate surface area is 120 Å². The average Bonchev–Trinajstić information content (AvgIpc) is 2.80. The number of hydrogen-bond acceptors (Lipinski definition) is 5. The van der Waals surface area contributed by atoms with E-state index in [4.69, 9.17) is 0 Å². The van der Waals surface area contributed by atoms with Crippen molar-refractivity contribution in [2.24, 2.45) is 0 Å². The second kappa shape index (κ2) is 4.90. The Bertz CT molecular complexity index is 732. The summed E-state index contributed by atoms with van der Waals surface area (Å²) >= 11 is 3.27. The molecule has 0 aliphatic heterocycles. The molecule has 0 spiro atoms. The van der Waals surface area contributed by atoms with Gasteiger partial charge in [-0.2, -0.15) is 0 Å². The molecule has 3 nitrogen and oxygen atoms in total. The fourth-order valence-electron chi connectivity index (χ4n) is 1.96. The van der Waals surface area contributed by atoms with Crippen LogP contribution in [0.5, 0.6) is 0 Å². The van der Waals surface area contributed by atoms with E-state index in [1.165, 1.54) is 5.56 Å². The van der Waals surface area contributed by atoms with Crippen molar-refractivity contribution in [1.82, 2.24) is 15.2 Å². The second-order valence-electron chi connectivity index (χ2n) is 4.33. The quantitative estimate of drug-likeness (QED) is 0.665. The largest absolute Gasteiger partial charge is 0.238 e. The lowest BCUT2D eigenvalue weighted by Gasteiger charge is -2.03. The summed E-state index contributed by atoms with van der Waals surface area (Å²) in [5, 5.41) is 10.6. The van der Waals surface area contributed by atoms with Gasteiger partial charge in [0, 0.05) is 5.56 Å². The molecule has 1 aromatic carbocycles. The third-order valence-corrected chi connectivity index (χ3v) is 4.55. The van der Waals surface area contributed by atoms with Gasteiger partial charge >= 0.3 is 0 Å². The highest BCUT2D eigenvalue weighted by Crippen LogP contribution is 2.34. The predicted molar refractivity (Wildman–Crippen MR) is 81.9 cm³/mol. The summed E-state index contributed by atoms with van der Waals surface area (Å²) < 4.78 is 1.13. The molecule has 2 aromatic heterocycles. The molecule has 0 saturated carbocycles. The maximum absolute atomic E-state index is 4.58. The molecule has 3 rings (SSSR count). The molecular weight excluding hydrogens is 274 g/mol. The lowest BCUT2D eigenvalue weighted by atomic mass is 10.1. The third kappa shape index (κ3) is 2.24. The number of thioether (sulfide) groups is 1. The molecule has 96 valence electrons. The van der Waals surface area contributed by atoms with E-state index in [1.807, 2.05) is 13.2 Å². The number of fused-ring (bicyclic) bond motifs is 1. The van der Waals surface area contributed by atoms with Crippen molar-refractivity contribution < 1.29 is 0 Å². The number of nitrogens with zero attached hydrogens (tertiary/aromatic N) is 3. The molecule has 0 fully saturated rings. The van der Waals surface area contributed by atoms with Crippen LogP contribution >= 0.6 is 23.1 Å². The van der Waals surface area contributed by atoms with Crippen LogP contribution in [0, 0.1) is 13.8 Å². The number of thiazole rings is 1. The lowest BCUT2D eigenvalue weighted by molar-refractivity contribution is 0.957. The zero-order valence-corrected chi connectivity index (χ0v) is 12.6. The highest BCUT2D eigenvalue weighted by Gasteiger charge is 2.14. The van der Waals surface area contributed by atoms with Gasteiger partial charge in [0.05, 0.1) is 9.71 Å². The number of aryl methyl sites for hydroxylation is 2. The van der Waals surface area contributed by atoms with Crippen LogP contribution in [-0.2, 0) is 0 Å². The number of aromatic nitrogens is 3. The monoisotopic (exact) mass is 287 g/mol. The molecule has 0 amide bonds. The minimum atomic E-state index is 0.898. The molecule has 0 bridgehead atoms. The van der Waals surface area contributed by atoms with Crippen LogP contribution in [0.15, 0.2) is 29.3 Å². The van der Waals surface area contributed by atoms with Gasteiger partial charge in [-0.15, -0.1) is 33.3 Å². The van der Waals surface area contributed by atoms with Crippen molar-refractivity contribution in [3.63, 3.8) is 0 Å². The first-order valence-electron chi connectivity index (χ1n) is 5.94. The topological polar surface area (TPSA) is 38.7 Å². The van der Waals surface area contributed by atoms with Crippen LogP contribution in [0.4, 0.5) is 0 Å². The summed E-state index contributed by atoms with van der Waals surface area (Å²) in [7, 11) is 0. The molecule has 0 saturated heterocycles. The summed E-state index contributed by atoms with van der Waals surface area (Å²) in [6, 6.07) is 8.37. The first kappa shape index (κ1) is 12.6. The normalized spacial score (nSPS) is 11.1. The molecule has 0 radical (unpaired) electrons. The van der Waals surface area contributed by atoms with Gasteiger partial charge in [-0.05, 0) is 20.1 Å². The maximum atomic E-state index is 4.58. The van der Waals surface area contributed by atoms with Crippen molar-refractivity contribution in [1.29, 1.82) is 0 Å². The maximum Gasteiger partial charge on any atom is 0.146 e. The zero-order chi connectivity index (χ0) is 13.4. The van der Waals surface area contributed by atoms with Crippen molar-refractivity contribution in [3.05, 3.63) is 34.8 Å². The van der Waals surface area contributed by atoms with Crippen LogP contribution in [0.3, 0.4) is 0 Å². The van der Waals surface area contributed by atoms with Crippen molar-refractivity contribution in [2.45, 2.75) is 18.9 Å². The van der Waals surface area contributed by atoms with E-state index in [2.05, 4.69) is 46.4 Å². The Morgan fingerprint density at radius 3 is 2.47 bits per heavy atom. The Morgan fingerprint density at radius 2 is 1.79 bits per heavy atom. The van der Waals surface area contributed by atoms with Crippen LogP contribution in [0.2, 0.25) is 0 Å². The van der Waals surface area contributed by atoms with Gasteiger partial charge in [0.15, 0.2) is 0 Å². The fraction of sp³-hybridized carbons (Fsp3) is 0.214. The van der Waals surface area contributed by atoms with Gasteiger partial charge < -0.3 is 0 Å². The lowest BCUT2D eigenvalue weighted by Crippen LogP contribution is -1.91. The summed E-state index contributed by atoms with van der Waals surface area (Å²) in [6.07, 6.45) is 2.00. The summed E-state index contributed by atoms with van der Waals surface area (Å²) in [4.78, 5) is 4.58. The smallest absolute Gasteiger partial charge is 0.146 e. The zero-order valence-electron chi connectivity index (χ0n) is 11.0. The van der Waals surface area contributed by atoms with Crippen LogP contribution in [-0.4, -0.2) is 21.4 Å². The predicted octanol–water partition coefficient (Wildman–Crippen LogP) is 4.09. The van der Waals surface area contributed by atoms with E-state index >= 15 is 0 Å². The minimum absolute atomic E-state index is 0.898. The van der Waals surface area contributed by atoms with Crippen molar-refractivity contribution in [3.8, 4) is 11.3 Å². The fourth-order valence-corrected chi connectivity index (χ4v) is 3.41. The van der Waals surface area contributed by atoms with E-state index in [0.717, 1.165) is 31.5 Å². The van der Waals surface area contributed by atoms with Crippen LogP contribution in [0.25, 0.3) is 21.5 Å². The second-order valence-corrected chi connectivity index (χ2v) is 6.33. The molecule has 0 unspecified atom stereocenters. The Kier molecular flexibility index (Phi) is 3.24. The molecule has 3 aromatic rings. The number of benzene rings is 1. The Morgan fingerprint density at radius 1 is 1.05 bits per heavy atom. The van der Waals surface area contributed by atoms with E-state index < -0.39 is 0 Å². The first-order chi connectivity index (χ1) is 9.19. The van der Waals surface area contributed by atoms with E-state index in [9.17, 15) is 0 Å². The molecule has 0 aliphatic carbocycles. The molecule has 0 N–H and O–H groups in total. The standard InChI is InChI=1S/C14H13N3S2/c1-8-4-6-10(7-5-8)11-13-12(15-9(2)19-13)14(18-3)17-16-11/h4-7H,1-3H3. The Balaban J connectivity index is 2.27. The molecular formula is C14H13N3S2. The summed E-state index contributed by atoms with van der Waals surface area (Å²) in [5.41, 5.74) is 4.24. The molecule has 2 heterocycles. The molecule has 0 aliphatic rings. The molecule has 0 atom stereocenters. The third-order valence-electron chi connectivity index (χ3n) is 2.91. The van der Waals surface area contributed by atoms with Gasteiger partial charge in [-0.25, -0.2) is 4.98 Å². The highest BCUT2D eigenvalue weighted by molar-refractivity contribution is 7.98. The summed E-state index contributed by atoms with van der Waals surface area (Å²) in [5.74, 6) is 0. The van der Waals surface area contributed by atoms with Gasteiger partial charge in [0.25, 0.3) is 0 Å². The van der Waals surface area contributed by atoms with Gasteiger partial charge in [0.1, 0.15) is 16.2 Å². The minimum Gasteiger partial charge on any atom is -0.238 e. The number of hydrogen-bond donors (Lipinski definition) is 0. The molecule has 5 heteroatoms. The van der Waals surface area contributed by atoms with Gasteiger partial charge in [0.2, 0.25) is 0 Å².